The van der Waals surface area contributed by atoms with Crippen LogP contribution in [-0.2, 0) is 0 Å². The summed E-state index contributed by atoms with van der Waals surface area (Å²) in [5.74, 6) is -2.32. The van der Waals surface area contributed by atoms with Gasteiger partial charge in [0, 0.05) is 17.1 Å². The Morgan fingerprint density at radius 2 is 1.75 bits per heavy atom. The molecular weight excluding hydrogens is 377 g/mol. The molecule has 0 saturated carbocycles. The number of alkyl halides is 2. The van der Waals surface area contributed by atoms with E-state index in [9.17, 15) is 23.1 Å². The van der Waals surface area contributed by atoms with E-state index in [1.54, 1.807) is 6.92 Å². The number of hydrogen-bond acceptors (Lipinski definition) is 5. The lowest BCUT2D eigenvalue weighted by molar-refractivity contribution is -0.0526. The van der Waals surface area contributed by atoms with Gasteiger partial charge in [-0.3, -0.25) is 4.79 Å². The summed E-state index contributed by atoms with van der Waals surface area (Å²) in [5.41, 5.74) is 0.684. The highest BCUT2D eigenvalue weighted by atomic mass is 19.3. The molecule has 0 aliphatic heterocycles. The lowest BCUT2D eigenvalue weighted by Crippen LogP contribution is -2.05. The summed E-state index contributed by atoms with van der Waals surface area (Å²) in [6.45, 7) is -1.44. The molecule has 1 unspecified atom stereocenters. The summed E-state index contributed by atoms with van der Waals surface area (Å²) in [5, 5.41) is 9.97. The number of phenolic OH excluding ortho intramolecular Hbond substituents is 1. The SMILES string of the molecule is COc1cc(/C=C2\C(=O)c3c(O)ccc(F)c3C2C)cc(OC)c1OC(F)F. The number of allylic oxidation sites excluding steroid dienone is 1. The summed E-state index contributed by atoms with van der Waals surface area (Å²) in [6, 6.07) is 5.02. The number of ether oxygens (including phenoxy) is 3. The topological polar surface area (TPSA) is 65.0 Å². The van der Waals surface area contributed by atoms with Crippen LogP contribution >= 0.6 is 0 Å². The number of carbonyl (C=O) groups excluding carboxylic acids is 1. The molecular formula is C20H17F3O5. The first-order chi connectivity index (χ1) is 13.3. The van der Waals surface area contributed by atoms with Crippen molar-refractivity contribution in [2.45, 2.75) is 19.5 Å². The molecule has 1 aliphatic carbocycles. The maximum absolute atomic E-state index is 14.2. The van der Waals surface area contributed by atoms with Crippen LogP contribution in [0.15, 0.2) is 29.8 Å². The first-order valence-corrected chi connectivity index (χ1v) is 8.27. The molecule has 5 nitrogen and oxygen atoms in total. The summed E-state index contributed by atoms with van der Waals surface area (Å²) in [6.07, 6.45) is 1.48. The number of rotatable bonds is 5. The monoisotopic (exact) mass is 394 g/mol. The lowest BCUT2D eigenvalue weighted by Gasteiger charge is -2.15. The molecule has 2 aromatic rings. The molecule has 0 aromatic heterocycles. The Labute approximate surface area is 159 Å². The van der Waals surface area contributed by atoms with Crippen LogP contribution in [0.2, 0.25) is 0 Å². The number of phenols is 1. The van der Waals surface area contributed by atoms with Crippen LogP contribution in [0.3, 0.4) is 0 Å². The quantitative estimate of drug-likeness (QED) is 0.755. The third-order valence-corrected chi connectivity index (χ3v) is 4.57. The molecule has 0 heterocycles. The summed E-state index contributed by atoms with van der Waals surface area (Å²) < 4.78 is 54.2. The van der Waals surface area contributed by atoms with Crippen molar-refractivity contribution in [1.29, 1.82) is 0 Å². The van der Waals surface area contributed by atoms with Crippen LogP contribution in [0.4, 0.5) is 13.2 Å². The molecule has 0 saturated heterocycles. The average molecular weight is 394 g/mol. The van der Waals surface area contributed by atoms with E-state index in [1.165, 1.54) is 32.4 Å². The minimum Gasteiger partial charge on any atom is -0.507 e. The Balaban J connectivity index is 2.11. The first-order valence-electron chi connectivity index (χ1n) is 8.27. The van der Waals surface area contributed by atoms with Gasteiger partial charge in [0.15, 0.2) is 17.3 Å². The number of hydrogen-bond donors (Lipinski definition) is 1. The summed E-state index contributed by atoms with van der Waals surface area (Å²) >= 11 is 0. The molecule has 1 N–H and O–H groups in total. The average Bonchev–Trinajstić information content (AvgIpc) is 2.91. The Morgan fingerprint density at radius 3 is 2.25 bits per heavy atom. The molecule has 0 bridgehead atoms. The minimum absolute atomic E-state index is 0.0175. The van der Waals surface area contributed by atoms with E-state index < -0.39 is 24.1 Å². The van der Waals surface area contributed by atoms with Crippen molar-refractivity contribution in [1.82, 2.24) is 0 Å². The van der Waals surface area contributed by atoms with E-state index in [0.29, 0.717) is 5.56 Å². The minimum atomic E-state index is -3.08. The maximum Gasteiger partial charge on any atom is 0.387 e. The van der Waals surface area contributed by atoms with Gasteiger partial charge in [-0.2, -0.15) is 8.78 Å². The zero-order chi connectivity index (χ0) is 20.6. The van der Waals surface area contributed by atoms with Crippen LogP contribution < -0.4 is 14.2 Å². The van der Waals surface area contributed by atoms with E-state index in [2.05, 4.69) is 4.74 Å². The molecule has 0 radical (unpaired) electrons. The van der Waals surface area contributed by atoms with Gasteiger partial charge >= 0.3 is 6.61 Å². The number of halogens is 3. The Bertz CT molecular complexity index is 944. The highest BCUT2D eigenvalue weighted by Crippen LogP contribution is 2.45. The van der Waals surface area contributed by atoms with Gasteiger partial charge in [0.05, 0.1) is 19.8 Å². The second kappa shape index (κ2) is 7.46. The van der Waals surface area contributed by atoms with Gasteiger partial charge in [0.1, 0.15) is 11.6 Å². The summed E-state index contributed by atoms with van der Waals surface area (Å²) in [7, 11) is 2.55. The van der Waals surface area contributed by atoms with Crippen LogP contribution in [-0.4, -0.2) is 31.7 Å². The van der Waals surface area contributed by atoms with E-state index in [0.717, 1.165) is 12.1 Å². The Morgan fingerprint density at radius 1 is 1.14 bits per heavy atom. The maximum atomic E-state index is 14.2. The molecule has 148 valence electrons. The van der Waals surface area contributed by atoms with Crippen LogP contribution in [0.25, 0.3) is 6.08 Å². The largest absolute Gasteiger partial charge is 0.507 e. The Hall–Kier alpha value is -3.16. The first kappa shape index (κ1) is 19.6. The predicted molar refractivity (Wildman–Crippen MR) is 95.0 cm³/mol. The van der Waals surface area contributed by atoms with Crippen molar-refractivity contribution in [3.8, 4) is 23.0 Å². The van der Waals surface area contributed by atoms with Gasteiger partial charge in [0.25, 0.3) is 0 Å². The van der Waals surface area contributed by atoms with E-state index in [4.69, 9.17) is 9.47 Å². The van der Waals surface area contributed by atoms with Gasteiger partial charge < -0.3 is 19.3 Å². The van der Waals surface area contributed by atoms with Crippen LogP contribution in [0.5, 0.6) is 23.0 Å². The standard InChI is InChI=1S/C20H17F3O5/c1-9-11(18(25)17-13(24)5-4-12(21)16(9)17)6-10-7-14(26-2)19(28-20(22)23)15(8-10)27-3/h4-9,20,24H,1-3H3/b11-6-. The second-order valence-corrected chi connectivity index (χ2v) is 6.14. The predicted octanol–water partition coefficient (Wildman–Crippen LogP) is 4.53. The van der Waals surface area contributed by atoms with Crippen molar-refractivity contribution in [3.05, 3.63) is 52.3 Å². The summed E-state index contributed by atoms with van der Waals surface area (Å²) in [4.78, 5) is 12.7. The second-order valence-electron chi connectivity index (χ2n) is 6.14. The lowest BCUT2D eigenvalue weighted by atomic mass is 9.97. The normalized spacial score (nSPS) is 17.2. The van der Waals surface area contributed by atoms with Gasteiger partial charge in [-0.1, -0.05) is 6.92 Å². The van der Waals surface area contributed by atoms with Crippen molar-refractivity contribution in [2.75, 3.05) is 14.2 Å². The third-order valence-electron chi connectivity index (χ3n) is 4.57. The molecule has 8 heteroatoms. The number of carbonyl (C=O) groups is 1. The van der Waals surface area contributed by atoms with Crippen molar-refractivity contribution in [2.24, 2.45) is 0 Å². The fourth-order valence-corrected chi connectivity index (χ4v) is 3.30. The van der Waals surface area contributed by atoms with Gasteiger partial charge in [0.2, 0.25) is 5.75 Å². The van der Waals surface area contributed by atoms with Crippen molar-refractivity contribution >= 4 is 11.9 Å². The van der Waals surface area contributed by atoms with Crippen molar-refractivity contribution < 1.29 is 37.3 Å². The molecule has 2 aromatic carbocycles. The number of methoxy groups -OCH3 is 2. The Kier molecular flexibility index (Phi) is 5.22. The smallest absolute Gasteiger partial charge is 0.387 e. The van der Waals surface area contributed by atoms with Gasteiger partial charge in [-0.05, 0) is 35.9 Å². The van der Waals surface area contributed by atoms with E-state index in [1.807, 2.05) is 0 Å². The fraction of sp³-hybridized carbons (Fsp3) is 0.250. The molecule has 0 amide bonds. The highest BCUT2D eigenvalue weighted by Gasteiger charge is 2.36. The zero-order valence-electron chi connectivity index (χ0n) is 15.3. The van der Waals surface area contributed by atoms with E-state index in [-0.39, 0.29) is 39.7 Å². The molecule has 1 aliphatic rings. The molecule has 1 atom stereocenters. The third kappa shape index (κ3) is 3.26. The number of aromatic hydroxyl groups is 1. The van der Waals surface area contributed by atoms with Crippen LogP contribution in [0, 0.1) is 5.82 Å². The fourth-order valence-electron chi connectivity index (χ4n) is 3.30. The van der Waals surface area contributed by atoms with Crippen LogP contribution in [0.1, 0.15) is 34.3 Å². The number of ketones is 1. The van der Waals surface area contributed by atoms with Crippen molar-refractivity contribution in [3.63, 3.8) is 0 Å². The van der Waals surface area contributed by atoms with E-state index >= 15 is 0 Å². The van der Waals surface area contributed by atoms with Gasteiger partial charge in [-0.25, -0.2) is 4.39 Å². The number of Topliss-reactive ketones (excluding diaryl/α,β-unsaturated/α-hetero) is 1. The molecule has 28 heavy (non-hydrogen) atoms. The number of fused-ring (bicyclic) bond motifs is 1. The molecule has 3 rings (SSSR count). The zero-order valence-corrected chi connectivity index (χ0v) is 15.3. The number of benzene rings is 2. The molecule has 0 spiro atoms. The van der Waals surface area contributed by atoms with Gasteiger partial charge in [-0.15, -0.1) is 0 Å². The highest BCUT2D eigenvalue weighted by molar-refractivity contribution is 6.18. The molecule has 0 fully saturated rings.